The quantitative estimate of drug-likeness (QED) is 0.807. The van der Waals surface area contributed by atoms with Crippen molar-refractivity contribution in [3.05, 3.63) is 58.3 Å². The van der Waals surface area contributed by atoms with Gasteiger partial charge in [-0.05, 0) is 49.1 Å². The maximum Gasteiger partial charge on any atom is 0.137 e. The first-order chi connectivity index (χ1) is 11.7. The third-order valence-corrected chi connectivity index (χ3v) is 4.98. The van der Waals surface area contributed by atoms with Crippen molar-refractivity contribution in [3.63, 3.8) is 0 Å². The number of aromatic nitrogens is 1. The molecule has 0 spiro atoms. The molecule has 1 aromatic heterocycles. The second kappa shape index (κ2) is 8.10. The Balaban J connectivity index is 1.77. The molecule has 1 fully saturated rings. The molecule has 0 amide bonds. The fourth-order valence-corrected chi connectivity index (χ4v) is 3.40. The molecular weight excluding hydrogens is 368 g/mol. The minimum absolute atomic E-state index is 0.0550. The van der Waals surface area contributed by atoms with Gasteiger partial charge in [0.05, 0.1) is 12.8 Å². The molecule has 2 heterocycles. The summed E-state index contributed by atoms with van der Waals surface area (Å²) in [6, 6.07) is 10.6. The summed E-state index contributed by atoms with van der Waals surface area (Å²) in [4.78, 5) is 4.28. The third kappa shape index (κ3) is 4.15. The van der Waals surface area contributed by atoms with Gasteiger partial charge in [0.15, 0.2) is 0 Å². The highest BCUT2D eigenvalue weighted by molar-refractivity contribution is 9.10. The average molecular weight is 391 g/mol. The summed E-state index contributed by atoms with van der Waals surface area (Å²) in [6.07, 6.45) is 5.58. The molecule has 0 unspecified atom stereocenters. The van der Waals surface area contributed by atoms with E-state index in [1.54, 1.807) is 6.20 Å². The van der Waals surface area contributed by atoms with Crippen LogP contribution >= 0.6 is 15.9 Å². The lowest BCUT2D eigenvalue weighted by Gasteiger charge is -2.39. The first kappa shape index (κ1) is 17.4. The van der Waals surface area contributed by atoms with Gasteiger partial charge in [0.2, 0.25) is 0 Å². The van der Waals surface area contributed by atoms with Gasteiger partial charge in [0.25, 0.3) is 0 Å². The van der Waals surface area contributed by atoms with Crippen LogP contribution in [0.25, 0.3) is 0 Å². The highest BCUT2D eigenvalue weighted by Crippen LogP contribution is 2.33. The van der Waals surface area contributed by atoms with Crippen LogP contribution in [0.15, 0.2) is 47.2 Å². The molecule has 0 radical (unpaired) electrons. The van der Waals surface area contributed by atoms with Crippen LogP contribution in [-0.2, 0) is 16.8 Å². The molecule has 1 aromatic carbocycles. The van der Waals surface area contributed by atoms with Gasteiger partial charge < -0.3 is 14.8 Å². The molecule has 3 rings (SSSR count). The largest absolute Gasteiger partial charge is 0.492 e. The minimum Gasteiger partial charge on any atom is -0.492 e. The molecule has 2 aromatic rings. The van der Waals surface area contributed by atoms with Crippen LogP contribution in [0.2, 0.25) is 0 Å². The molecule has 4 nitrogen and oxygen atoms in total. The second-order valence-electron chi connectivity index (χ2n) is 6.02. The highest BCUT2D eigenvalue weighted by atomic mass is 79.9. The third-order valence-electron chi connectivity index (χ3n) is 4.45. The Morgan fingerprint density at radius 2 is 1.96 bits per heavy atom. The van der Waals surface area contributed by atoms with Gasteiger partial charge in [-0.1, -0.05) is 28.1 Å². The number of nitrogens with one attached hydrogen (secondary N) is 1. The highest BCUT2D eigenvalue weighted by Gasteiger charge is 2.33. The summed E-state index contributed by atoms with van der Waals surface area (Å²) in [5, 5.41) is 3.77. The molecule has 128 valence electrons. The SMILES string of the molecule is CCOc1cncc(CNC2(c3ccc(Br)cc3)CCOCC2)c1. The van der Waals surface area contributed by atoms with Crippen molar-refractivity contribution < 1.29 is 9.47 Å². The Labute approximate surface area is 151 Å². The first-order valence-corrected chi connectivity index (χ1v) is 9.17. The van der Waals surface area contributed by atoms with E-state index >= 15 is 0 Å². The Kier molecular flexibility index (Phi) is 5.87. The maximum atomic E-state index is 5.59. The zero-order valence-corrected chi connectivity index (χ0v) is 15.5. The molecule has 24 heavy (non-hydrogen) atoms. The fourth-order valence-electron chi connectivity index (χ4n) is 3.13. The van der Waals surface area contributed by atoms with E-state index in [9.17, 15) is 0 Å². The van der Waals surface area contributed by atoms with Crippen molar-refractivity contribution in [1.29, 1.82) is 0 Å². The van der Waals surface area contributed by atoms with E-state index in [0.29, 0.717) is 6.61 Å². The van der Waals surface area contributed by atoms with Crippen molar-refractivity contribution in [1.82, 2.24) is 10.3 Å². The minimum atomic E-state index is -0.0550. The van der Waals surface area contributed by atoms with E-state index in [0.717, 1.165) is 48.4 Å². The van der Waals surface area contributed by atoms with E-state index in [-0.39, 0.29) is 5.54 Å². The number of benzene rings is 1. The number of halogens is 1. The van der Waals surface area contributed by atoms with Crippen molar-refractivity contribution in [2.45, 2.75) is 31.8 Å². The van der Waals surface area contributed by atoms with Gasteiger partial charge >= 0.3 is 0 Å². The molecular formula is C19H23BrN2O2. The van der Waals surface area contributed by atoms with Crippen molar-refractivity contribution in [2.24, 2.45) is 0 Å². The summed E-state index contributed by atoms with van der Waals surface area (Å²) in [7, 11) is 0. The van der Waals surface area contributed by atoms with E-state index in [4.69, 9.17) is 9.47 Å². The smallest absolute Gasteiger partial charge is 0.137 e. The van der Waals surface area contributed by atoms with Crippen LogP contribution in [0.5, 0.6) is 5.75 Å². The maximum absolute atomic E-state index is 5.59. The average Bonchev–Trinajstić information content (AvgIpc) is 2.62. The molecule has 0 saturated carbocycles. The van der Waals surface area contributed by atoms with Gasteiger partial charge in [-0.25, -0.2) is 0 Å². The predicted molar refractivity (Wildman–Crippen MR) is 98.1 cm³/mol. The van der Waals surface area contributed by atoms with Gasteiger partial charge in [0.1, 0.15) is 5.75 Å². The second-order valence-corrected chi connectivity index (χ2v) is 6.93. The van der Waals surface area contributed by atoms with Crippen LogP contribution in [0.4, 0.5) is 0 Å². The number of nitrogens with zero attached hydrogens (tertiary/aromatic N) is 1. The van der Waals surface area contributed by atoms with E-state index in [2.05, 4.69) is 56.6 Å². The summed E-state index contributed by atoms with van der Waals surface area (Å²) in [5.74, 6) is 0.821. The number of rotatable bonds is 6. The Morgan fingerprint density at radius 3 is 2.67 bits per heavy atom. The zero-order valence-electron chi connectivity index (χ0n) is 13.9. The summed E-state index contributed by atoms with van der Waals surface area (Å²) >= 11 is 3.52. The Morgan fingerprint density at radius 1 is 1.21 bits per heavy atom. The van der Waals surface area contributed by atoms with E-state index in [1.165, 1.54) is 5.56 Å². The lowest BCUT2D eigenvalue weighted by Crippen LogP contribution is -2.46. The van der Waals surface area contributed by atoms with Crippen molar-refractivity contribution in [2.75, 3.05) is 19.8 Å². The molecule has 1 saturated heterocycles. The monoisotopic (exact) mass is 390 g/mol. The number of hydrogen-bond donors (Lipinski definition) is 1. The Bertz CT molecular complexity index is 655. The Hall–Kier alpha value is -1.43. The van der Waals surface area contributed by atoms with Crippen LogP contribution < -0.4 is 10.1 Å². The van der Waals surface area contributed by atoms with Gasteiger partial charge in [0, 0.05) is 36.0 Å². The summed E-state index contributed by atoms with van der Waals surface area (Å²) < 4.78 is 12.2. The van der Waals surface area contributed by atoms with E-state index < -0.39 is 0 Å². The number of hydrogen-bond acceptors (Lipinski definition) is 4. The van der Waals surface area contributed by atoms with Gasteiger partial charge in [-0.2, -0.15) is 0 Å². The topological polar surface area (TPSA) is 43.4 Å². The first-order valence-electron chi connectivity index (χ1n) is 8.37. The molecule has 0 atom stereocenters. The van der Waals surface area contributed by atoms with E-state index in [1.807, 2.05) is 13.1 Å². The van der Waals surface area contributed by atoms with Gasteiger partial charge in [-0.3, -0.25) is 4.98 Å². The number of ether oxygens (including phenoxy) is 2. The molecule has 5 heteroatoms. The predicted octanol–water partition coefficient (Wildman–Crippen LogP) is 4.04. The number of pyridine rings is 1. The normalized spacial score (nSPS) is 16.8. The molecule has 1 aliphatic heterocycles. The van der Waals surface area contributed by atoms with Gasteiger partial charge in [-0.15, -0.1) is 0 Å². The van der Waals surface area contributed by atoms with Crippen LogP contribution in [0.3, 0.4) is 0 Å². The lowest BCUT2D eigenvalue weighted by molar-refractivity contribution is 0.0357. The van der Waals surface area contributed by atoms with Crippen molar-refractivity contribution in [3.8, 4) is 5.75 Å². The molecule has 0 aliphatic carbocycles. The summed E-state index contributed by atoms with van der Waals surface area (Å²) in [6.45, 7) is 4.94. The van der Waals surface area contributed by atoms with Crippen LogP contribution in [-0.4, -0.2) is 24.8 Å². The zero-order chi connectivity index (χ0) is 16.8. The van der Waals surface area contributed by atoms with Crippen molar-refractivity contribution >= 4 is 15.9 Å². The molecule has 1 aliphatic rings. The van der Waals surface area contributed by atoms with Crippen LogP contribution in [0.1, 0.15) is 30.9 Å². The standard InChI is InChI=1S/C19H23BrN2O2/c1-2-24-18-11-15(12-21-14-18)13-22-19(7-9-23-10-8-19)16-3-5-17(20)6-4-16/h3-6,11-12,14,22H,2,7-10,13H2,1H3. The summed E-state index contributed by atoms with van der Waals surface area (Å²) in [5.41, 5.74) is 2.38. The fraction of sp³-hybridized carbons (Fsp3) is 0.421. The lowest BCUT2D eigenvalue weighted by atomic mass is 9.82. The molecule has 1 N–H and O–H groups in total. The van der Waals surface area contributed by atoms with Crippen LogP contribution in [0, 0.1) is 0 Å². The molecule has 0 bridgehead atoms.